The number of ether oxygens (including phenoxy) is 3. The van der Waals surface area contributed by atoms with Gasteiger partial charge in [-0.3, -0.25) is 19.2 Å². The highest BCUT2D eigenvalue weighted by molar-refractivity contribution is 6.28. The molecule has 2 bridgehead atoms. The lowest BCUT2D eigenvalue weighted by Gasteiger charge is -2.28. The van der Waals surface area contributed by atoms with Gasteiger partial charge in [0.15, 0.2) is 0 Å². The molecular formula is C29H24N2O7. The van der Waals surface area contributed by atoms with Gasteiger partial charge in [-0.05, 0) is 41.8 Å². The lowest BCUT2D eigenvalue weighted by Crippen LogP contribution is -2.44. The van der Waals surface area contributed by atoms with E-state index in [1.807, 2.05) is 36.4 Å². The van der Waals surface area contributed by atoms with Crippen LogP contribution in [-0.4, -0.2) is 61.3 Å². The molecule has 7 rings (SSSR count). The summed E-state index contributed by atoms with van der Waals surface area (Å²) in [6.45, 7) is 1.34. The lowest BCUT2D eigenvalue weighted by atomic mass is 9.77. The van der Waals surface area contributed by atoms with Gasteiger partial charge in [-0.1, -0.05) is 36.4 Å². The van der Waals surface area contributed by atoms with Crippen molar-refractivity contribution in [3.63, 3.8) is 0 Å². The van der Waals surface area contributed by atoms with Crippen LogP contribution >= 0.6 is 0 Å². The van der Waals surface area contributed by atoms with Gasteiger partial charge in [0.2, 0.25) is 11.8 Å². The van der Waals surface area contributed by atoms with Crippen LogP contribution in [0.1, 0.15) is 11.1 Å². The summed E-state index contributed by atoms with van der Waals surface area (Å²) in [5, 5.41) is 0. The molecule has 2 aromatic rings. The smallest absolute Gasteiger partial charge is 0.258 e. The summed E-state index contributed by atoms with van der Waals surface area (Å²) in [6, 6.07) is 14.6. The molecule has 3 saturated heterocycles. The summed E-state index contributed by atoms with van der Waals surface area (Å²) in [6.07, 6.45) is 6.55. The third kappa shape index (κ3) is 3.65. The second-order valence-corrected chi connectivity index (χ2v) is 10.2. The zero-order valence-electron chi connectivity index (χ0n) is 20.3. The molecule has 3 fully saturated rings. The molecule has 9 nitrogen and oxygen atoms in total. The minimum absolute atomic E-state index is 0.106. The molecule has 0 N–H and O–H groups in total. The summed E-state index contributed by atoms with van der Waals surface area (Å²) >= 11 is 0. The van der Waals surface area contributed by atoms with Crippen LogP contribution in [-0.2, 0) is 39.8 Å². The van der Waals surface area contributed by atoms with Crippen molar-refractivity contribution in [1.29, 1.82) is 0 Å². The molecule has 9 heteroatoms. The number of amides is 4. The Bertz CT molecular complexity index is 1390. The van der Waals surface area contributed by atoms with Crippen molar-refractivity contribution in [2.45, 2.75) is 24.2 Å². The third-order valence-electron chi connectivity index (χ3n) is 7.80. The Hall–Kier alpha value is -3.92. The summed E-state index contributed by atoms with van der Waals surface area (Å²) in [4.78, 5) is 53.1. The van der Waals surface area contributed by atoms with E-state index in [4.69, 9.17) is 14.2 Å². The highest BCUT2D eigenvalue weighted by Crippen LogP contribution is 2.52. The molecule has 5 aliphatic rings. The van der Waals surface area contributed by atoms with Crippen LogP contribution < -0.4 is 9.80 Å². The number of imide groups is 2. The van der Waals surface area contributed by atoms with Crippen molar-refractivity contribution in [3.05, 3.63) is 84.0 Å². The van der Waals surface area contributed by atoms with Gasteiger partial charge in [-0.25, -0.2) is 9.80 Å². The van der Waals surface area contributed by atoms with E-state index in [1.54, 1.807) is 24.3 Å². The highest BCUT2D eigenvalue weighted by Gasteiger charge is 2.68. The normalized spacial score (nSPS) is 30.7. The number of hydrogen-bond acceptors (Lipinski definition) is 7. The summed E-state index contributed by atoms with van der Waals surface area (Å²) < 4.78 is 17.1. The van der Waals surface area contributed by atoms with Crippen molar-refractivity contribution in [1.82, 2.24) is 0 Å². The van der Waals surface area contributed by atoms with E-state index < -0.39 is 23.5 Å². The molecule has 4 amide bonds. The van der Waals surface area contributed by atoms with Gasteiger partial charge in [0.05, 0.1) is 49.1 Å². The van der Waals surface area contributed by atoms with Gasteiger partial charge in [-0.15, -0.1) is 0 Å². The van der Waals surface area contributed by atoms with E-state index in [2.05, 4.69) is 0 Å². The summed E-state index contributed by atoms with van der Waals surface area (Å²) in [5.41, 5.74) is 2.13. The van der Waals surface area contributed by atoms with Crippen LogP contribution in [0.15, 0.2) is 72.8 Å². The monoisotopic (exact) mass is 512 g/mol. The van der Waals surface area contributed by atoms with E-state index >= 15 is 0 Å². The average Bonchev–Trinajstić information content (AvgIpc) is 3.29. The number of carbonyl (C=O) groups is 4. The highest BCUT2D eigenvalue weighted by atomic mass is 16.6. The van der Waals surface area contributed by atoms with Crippen LogP contribution in [0.25, 0.3) is 0 Å². The zero-order chi connectivity index (χ0) is 26.0. The summed E-state index contributed by atoms with van der Waals surface area (Å²) in [5.74, 6) is -2.36. The SMILES string of the molecule is O=C1C=CC(=O)N1c1ccc(Cc2ccc(N3C(=O)C4C(C3=O)[C@@]3(COCC5CO5)C=C[C@@H]4O3)cc2)cc1. The first-order chi connectivity index (χ1) is 18.4. The number of benzene rings is 2. The van der Waals surface area contributed by atoms with E-state index in [0.717, 1.165) is 16.0 Å². The van der Waals surface area contributed by atoms with Gasteiger partial charge in [-0.2, -0.15) is 0 Å². The van der Waals surface area contributed by atoms with Gasteiger partial charge < -0.3 is 14.2 Å². The van der Waals surface area contributed by atoms with Crippen molar-refractivity contribution >= 4 is 35.0 Å². The molecule has 0 radical (unpaired) electrons. The van der Waals surface area contributed by atoms with Crippen molar-refractivity contribution in [2.75, 3.05) is 29.6 Å². The van der Waals surface area contributed by atoms with Gasteiger partial charge in [0, 0.05) is 12.2 Å². The van der Waals surface area contributed by atoms with Crippen molar-refractivity contribution in [2.24, 2.45) is 11.8 Å². The van der Waals surface area contributed by atoms with Crippen LogP contribution in [0.2, 0.25) is 0 Å². The van der Waals surface area contributed by atoms with E-state index in [9.17, 15) is 19.2 Å². The first-order valence-corrected chi connectivity index (χ1v) is 12.6. The Kier molecular flexibility index (Phi) is 5.23. The second kappa shape index (κ2) is 8.56. The molecule has 5 aliphatic heterocycles. The van der Waals surface area contributed by atoms with Crippen molar-refractivity contribution < 1.29 is 33.4 Å². The van der Waals surface area contributed by atoms with E-state index in [1.165, 1.54) is 17.1 Å². The Balaban J connectivity index is 1.04. The standard InChI is InChI=1S/C29H24N2O7/c32-23-9-10-24(33)30(23)19-5-1-17(2-6-19)13-18-3-7-20(8-4-18)31-27(34)25-22-11-12-29(38-22,26(25)28(31)35)16-36-14-21-15-37-21/h1-12,21-22,25-26H,13-16H2/t21?,22-,25?,26?,29-/m0/s1. The van der Waals surface area contributed by atoms with Crippen LogP contribution in [0.5, 0.6) is 0 Å². The minimum atomic E-state index is -0.918. The topological polar surface area (TPSA) is 106 Å². The predicted molar refractivity (Wildman–Crippen MR) is 134 cm³/mol. The lowest BCUT2D eigenvalue weighted by molar-refractivity contribution is -0.129. The Labute approximate surface area is 218 Å². The molecule has 0 spiro atoms. The largest absolute Gasteiger partial charge is 0.375 e. The Morgan fingerprint density at radius 3 is 2.05 bits per heavy atom. The van der Waals surface area contributed by atoms with Gasteiger partial charge in [0.1, 0.15) is 11.7 Å². The zero-order valence-corrected chi connectivity index (χ0v) is 20.3. The number of fused-ring (bicyclic) bond motifs is 5. The maximum Gasteiger partial charge on any atom is 0.258 e. The minimum Gasteiger partial charge on any atom is -0.375 e. The number of anilines is 2. The number of carbonyl (C=O) groups excluding carboxylic acids is 4. The Morgan fingerprint density at radius 1 is 0.842 bits per heavy atom. The second-order valence-electron chi connectivity index (χ2n) is 10.2. The quantitative estimate of drug-likeness (QED) is 0.302. The van der Waals surface area contributed by atoms with Gasteiger partial charge in [0.25, 0.3) is 11.8 Å². The molecule has 192 valence electrons. The fourth-order valence-electron chi connectivity index (χ4n) is 5.85. The van der Waals surface area contributed by atoms with Crippen molar-refractivity contribution in [3.8, 4) is 0 Å². The fourth-order valence-corrected chi connectivity index (χ4v) is 5.85. The first kappa shape index (κ1) is 23.2. The average molecular weight is 513 g/mol. The molecule has 3 unspecified atom stereocenters. The maximum atomic E-state index is 13.5. The molecule has 0 aromatic heterocycles. The molecule has 38 heavy (non-hydrogen) atoms. The van der Waals surface area contributed by atoms with E-state index in [0.29, 0.717) is 31.0 Å². The molecule has 2 aromatic carbocycles. The predicted octanol–water partition coefficient (Wildman–Crippen LogP) is 1.94. The fraction of sp³-hybridized carbons (Fsp3) is 0.310. The molecule has 5 atom stereocenters. The van der Waals surface area contributed by atoms with E-state index in [-0.39, 0.29) is 36.3 Å². The molecule has 0 aliphatic carbocycles. The van der Waals surface area contributed by atoms with Crippen LogP contribution in [0, 0.1) is 11.8 Å². The molecule has 5 heterocycles. The number of epoxide rings is 1. The maximum absolute atomic E-state index is 13.5. The summed E-state index contributed by atoms with van der Waals surface area (Å²) in [7, 11) is 0. The Morgan fingerprint density at radius 2 is 1.45 bits per heavy atom. The molecular weight excluding hydrogens is 488 g/mol. The molecule has 0 saturated carbocycles. The third-order valence-corrected chi connectivity index (χ3v) is 7.80. The van der Waals surface area contributed by atoms with Gasteiger partial charge >= 0.3 is 0 Å². The first-order valence-electron chi connectivity index (χ1n) is 12.6. The van der Waals surface area contributed by atoms with Crippen LogP contribution in [0.3, 0.4) is 0 Å². The van der Waals surface area contributed by atoms with Crippen LogP contribution in [0.4, 0.5) is 11.4 Å². The number of rotatable bonds is 8. The number of nitrogens with zero attached hydrogens (tertiary/aromatic N) is 2. The number of hydrogen-bond donors (Lipinski definition) is 0.